The molecule has 0 amide bonds. The van der Waals surface area contributed by atoms with Crippen LogP contribution < -0.4 is 9.16 Å². The van der Waals surface area contributed by atoms with E-state index in [2.05, 4.69) is 29.6 Å². The molecule has 94 valence electrons. The van der Waals surface area contributed by atoms with Crippen molar-refractivity contribution in [3.05, 3.63) is 23.8 Å². The molecule has 0 saturated carbocycles. The minimum atomic E-state index is -1.63. The third-order valence-corrected chi connectivity index (χ3v) is 2.74. The van der Waals surface area contributed by atoms with Crippen LogP contribution in [0.1, 0.15) is 5.56 Å². The number of benzene rings is 1. The molecule has 0 aliphatic carbocycles. The van der Waals surface area contributed by atoms with Crippen LogP contribution in [0.4, 0.5) is 0 Å². The van der Waals surface area contributed by atoms with Crippen LogP contribution in [0, 0.1) is 0 Å². The molecule has 0 atom stereocenters. The van der Waals surface area contributed by atoms with E-state index in [1.165, 1.54) is 7.11 Å². The van der Waals surface area contributed by atoms with E-state index >= 15 is 0 Å². The zero-order valence-corrected chi connectivity index (χ0v) is 12.0. The lowest BCUT2D eigenvalue weighted by Gasteiger charge is -2.21. The van der Waals surface area contributed by atoms with Crippen molar-refractivity contribution in [3.63, 3.8) is 0 Å². The summed E-state index contributed by atoms with van der Waals surface area (Å²) < 4.78 is 11.2. The Morgan fingerprint density at radius 3 is 2.35 bits per heavy atom. The summed E-state index contributed by atoms with van der Waals surface area (Å²) in [5.41, 5.74) is 0.909. The Bertz CT molecular complexity index is 399. The van der Waals surface area contributed by atoms with Gasteiger partial charge in [-0.1, -0.05) is 5.16 Å². The third kappa shape index (κ3) is 4.48. The lowest BCUT2D eigenvalue weighted by Crippen LogP contribution is -2.29. The highest BCUT2D eigenvalue weighted by molar-refractivity contribution is 6.70. The third-order valence-electron chi connectivity index (χ3n) is 1.91. The lowest BCUT2D eigenvalue weighted by molar-refractivity contribution is 0.215. The van der Waals surface area contributed by atoms with Gasteiger partial charge in [-0.15, -0.1) is 0 Å². The monoisotopic (exact) mass is 253 g/mol. The van der Waals surface area contributed by atoms with Gasteiger partial charge < -0.3 is 14.0 Å². The minimum Gasteiger partial charge on any atom is -0.542 e. The number of hydrogen-bond donors (Lipinski definition) is 0. The second-order valence-electron chi connectivity index (χ2n) is 4.54. The Hall–Kier alpha value is -1.49. The molecule has 0 aromatic heterocycles. The van der Waals surface area contributed by atoms with Crippen molar-refractivity contribution < 1.29 is 14.0 Å². The van der Waals surface area contributed by atoms with Crippen LogP contribution in [0.15, 0.2) is 23.4 Å². The molecule has 0 radical (unpaired) electrons. The molecule has 0 saturated heterocycles. The van der Waals surface area contributed by atoms with Gasteiger partial charge in [0.2, 0.25) is 8.32 Å². The van der Waals surface area contributed by atoms with Crippen LogP contribution >= 0.6 is 0 Å². The van der Waals surface area contributed by atoms with E-state index in [1.54, 1.807) is 13.3 Å². The molecule has 4 nitrogen and oxygen atoms in total. The summed E-state index contributed by atoms with van der Waals surface area (Å²) in [6.45, 7) is 6.40. The Kier molecular flexibility index (Phi) is 4.57. The fourth-order valence-corrected chi connectivity index (χ4v) is 2.12. The van der Waals surface area contributed by atoms with Gasteiger partial charge in [-0.25, -0.2) is 0 Å². The van der Waals surface area contributed by atoms with Crippen molar-refractivity contribution in [3.8, 4) is 11.5 Å². The largest absolute Gasteiger partial charge is 0.542 e. The maximum absolute atomic E-state index is 5.92. The maximum Gasteiger partial charge on any atom is 0.242 e. The number of rotatable bonds is 5. The van der Waals surface area contributed by atoms with Gasteiger partial charge in [0, 0.05) is 5.56 Å². The van der Waals surface area contributed by atoms with Gasteiger partial charge in [-0.2, -0.15) is 0 Å². The van der Waals surface area contributed by atoms with Crippen LogP contribution in [0.25, 0.3) is 0 Å². The van der Waals surface area contributed by atoms with Crippen molar-refractivity contribution in [2.45, 2.75) is 19.6 Å². The van der Waals surface area contributed by atoms with Gasteiger partial charge >= 0.3 is 0 Å². The number of methoxy groups -OCH3 is 1. The van der Waals surface area contributed by atoms with E-state index < -0.39 is 8.32 Å². The molecule has 0 spiro atoms. The SMILES string of the molecule is CON=Cc1ccc(O[Si](C)(C)C)c(OC)c1. The molecule has 0 bridgehead atoms. The predicted molar refractivity (Wildman–Crippen MR) is 71.6 cm³/mol. The van der Waals surface area contributed by atoms with E-state index in [-0.39, 0.29) is 0 Å². The van der Waals surface area contributed by atoms with Gasteiger partial charge in [0.25, 0.3) is 0 Å². The highest BCUT2D eigenvalue weighted by atomic mass is 28.4. The molecular formula is C12H19NO3Si. The first-order valence-corrected chi connectivity index (χ1v) is 8.80. The van der Waals surface area contributed by atoms with E-state index in [1.807, 2.05) is 18.2 Å². The summed E-state index contributed by atoms with van der Waals surface area (Å²) in [7, 11) is 1.51. The van der Waals surface area contributed by atoms with Crippen LogP contribution in [0.2, 0.25) is 19.6 Å². The quantitative estimate of drug-likeness (QED) is 0.460. The molecule has 1 rings (SSSR count). The van der Waals surface area contributed by atoms with Crippen molar-refractivity contribution in [1.29, 1.82) is 0 Å². The molecule has 0 heterocycles. The maximum atomic E-state index is 5.92. The van der Waals surface area contributed by atoms with E-state index in [9.17, 15) is 0 Å². The number of oxime groups is 1. The Morgan fingerprint density at radius 2 is 1.82 bits per heavy atom. The summed E-state index contributed by atoms with van der Waals surface area (Å²) in [6.07, 6.45) is 1.63. The summed E-state index contributed by atoms with van der Waals surface area (Å²) in [5.74, 6) is 1.49. The average molecular weight is 253 g/mol. The average Bonchev–Trinajstić information content (AvgIpc) is 2.25. The number of hydrogen-bond acceptors (Lipinski definition) is 4. The smallest absolute Gasteiger partial charge is 0.242 e. The number of nitrogens with zero attached hydrogens (tertiary/aromatic N) is 1. The summed E-state index contributed by atoms with van der Waals surface area (Å²) in [4.78, 5) is 4.63. The van der Waals surface area contributed by atoms with Gasteiger partial charge in [0.05, 0.1) is 13.3 Å². The minimum absolute atomic E-state index is 0.715. The first-order valence-electron chi connectivity index (χ1n) is 5.40. The second kappa shape index (κ2) is 5.72. The number of ether oxygens (including phenoxy) is 1. The van der Waals surface area contributed by atoms with Crippen molar-refractivity contribution in [1.82, 2.24) is 0 Å². The highest BCUT2D eigenvalue weighted by Crippen LogP contribution is 2.29. The van der Waals surface area contributed by atoms with Crippen LogP contribution in [0.3, 0.4) is 0 Å². The molecule has 0 aliphatic heterocycles. The summed E-state index contributed by atoms with van der Waals surface area (Å²) in [6, 6.07) is 5.69. The van der Waals surface area contributed by atoms with E-state index in [0.29, 0.717) is 5.75 Å². The molecule has 0 unspecified atom stereocenters. The van der Waals surface area contributed by atoms with Crippen LogP contribution in [-0.4, -0.2) is 28.8 Å². The Labute approximate surface area is 103 Å². The molecule has 0 N–H and O–H groups in total. The van der Waals surface area contributed by atoms with Gasteiger partial charge in [-0.05, 0) is 37.8 Å². The first-order chi connectivity index (χ1) is 7.96. The molecule has 0 fully saturated rings. The molecule has 1 aromatic rings. The first kappa shape index (κ1) is 13.6. The zero-order chi connectivity index (χ0) is 12.9. The highest BCUT2D eigenvalue weighted by Gasteiger charge is 2.18. The van der Waals surface area contributed by atoms with Crippen molar-refractivity contribution in [2.75, 3.05) is 14.2 Å². The predicted octanol–water partition coefficient (Wildman–Crippen LogP) is 2.89. The van der Waals surface area contributed by atoms with Gasteiger partial charge in [0.1, 0.15) is 12.9 Å². The fraction of sp³-hybridized carbons (Fsp3) is 0.417. The normalized spacial score (nSPS) is 11.6. The zero-order valence-electron chi connectivity index (χ0n) is 11.0. The Balaban J connectivity index is 2.97. The fourth-order valence-electron chi connectivity index (χ4n) is 1.29. The van der Waals surface area contributed by atoms with E-state index in [4.69, 9.17) is 9.16 Å². The molecule has 17 heavy (non-hydrogen) atoms. The van der Waals surface area contributed by atoms with Crippen molar-refractivity contribution in [2.24, 2.45) is 5.16 Å². The topological polar surface area (TPSA) is 40.0 Å². The van der Waals surface area contributed by atoms with Crippen LogP contribution in [-0.2, 0) is 4.84 Å². The molecule has 0 aliphatic rings. The lowest BCUT2D eigenvalue weighted by atomic mass is 10.2. The Morgan fingerprint density at radius 1 is 1.12 bits per heavy atom. The molecular weight excluding hydrogens is 234 g/mol. The van der Waals surface area contributed by atoms with Gasteiger partial charge in [0.15, 0.2) is 5.75 Å². The standard InChI is InChI=1S/C12H19NO3Si/c1-14-12-8-10(9-13-15-2)6-7-11(12)16-17(3,4)5/h6-9H,1-5H3. The molecule has 5 heteroatoms. The second-order valence-corrected chi connectivity index (χ2v) is 8.97. The van der Waals surface area contributed by atoms with E-state index in [0.717, 1.165) is 11.3 Å². The summed E-state index contributed by atoms with van der Waals surface area (Å²) >= 11 is 0. The van der Waals surface area contributed by atoms with Crippen LogP contribution in [0.5, 0.6) is 11.5 Å². The summed E-state index contributed by atoms with van der Waals surface area (Å²) in [5, 5.41) is 3.71. The molecule has 1 aromatic carbocycles. The van der Waals surface area contributed by atoms with Gasteiger partial charge in [-0.3, -0.25) is 0 Å². The van der Waals surface area contributed by atoms with Crippen molar-refractivity contribution >= 4 is 14.5 Å².